The molecule has 2 aromatic rings. The molecule has 1 unspecified atom stereocenters. The lowest BCUT2D eigenvalue weighted by molar-refractivity contribution is -0.384. The Labute approximate surface area is 148 Å². The molecule has 126 valence electrons. The molecular formula is C17H16ClFN2O2S. The van der Waals surface area contributed by atoms with Crippen LogP contribution in [-0.4, -0.2) is 17.7 Å². The van der Waals surface area contributed by atoms with Gasteiger partial charge in [-0.15, -0.1) is 11.8 Å². The fourth-order valence-electron chi connectivity index (χ4n) is 3.13. The van der Waals surface area contributed by atoms with Gasteiger partial charge in [0.25, 0.3) is 5.69 Å². The molecule has 0 spiro atoms. The van der Waals surface area contributed by atoms with Gasteiger partial charge < -0.3 is 4.90 Å². The van der Waals surface area contributed by atoms with E-state index in [1.54, 1.807) is 12.1 Å². The normalized spacial score (nSPS) is 17.3. The lowest BCUT2D eigenvalue weighted by Gasteiger charge is -2.27. The number of hydrogen-bond acceptors (Lipinski definition) is 4. The molecule has 0 aromatic heterocycles. The number of nitrogens with zero attached hydrogens (tertiary/aromatic N) is 2. The summed E-state index contributed by atoms with van der Waals surface area (Å²) in [6.07, 6.45) is 3.65. The van der Waals surface area contributed by atoms with Crippen molar-refractivity contribution in [1.82, 2.24) is 0 Å². The minimum atomic E-state index is -0.474. The predicted molar refractivity (Wildman–Crippen MR) is 95.6 cm³/mol. The summed E-state index contributed by atoms with van der Waals surface area (Å²) >= 11 is 7.27. The van der Waals surface area contributed by atoms with Crippen molar-refractivity contribution in [3.8, 4) is 0 Å². The number of anilines is 1. The third kappa shape index (κ3) is 3.21. The molecule has 1 heterocycles. The van der Waals surface area contributed by atoms with Crippen molar-refractivity contribution in [3.05, 3.63) is 62.9 Å². The summed E-state index contributed by atoms with van der Waals surface area (Å²) in [5.74, 6) is -0.243. The molecular weight excluding hydrogens is 351 g/mol. The standard InChI is InChI=1S/C17H16ClFN2O2S/c1-24-17-7-5-12(10-14(17)19)20-8-2-3-15(20)11-4-6-13(18)16(9-11)21(22)23/h4-7,9-10,15H,2-3,8H2,1H3. The summed E-state index contributed by atoms with van der Waals surface area (Å²) in [4.78, 5) is 13.3. The molecule has 1 fully saturated rings. The molecule has 2 aromatic carbocycles. The fourth-order valence-corrected chi connectivity index (χ4v) is 3.78. The highest BCUT2D eigenvalue weighted by molar-refractivity contribution is 7.98. The van der Waals surface area contributed by atoms with Crippen LogP contribution in [0.25, 0.3) is 0 Å². The van der Waals surface area contributed by atoms with E-state index in [4.69, 9.17) is 11.6 Å². The Balaban J connectivity index is 1.95. The highest BCUT2D eigenvalue weighted by Gasteiger charge is 2.28. The summed E-state index contributed by atoms with van der Waals surface area (Å²) < 4.78 is 14.1. The van der Waals surface area contributed by atoms with E-state index in [-0.39, 0.29) is 22.6 Å². The lowest BCUT2D eigenvalue weighted by Crippen LogP contribution is -2.22. The van der Waals surface area contributed by atoms with E-state index in [0.29, 0.717) is 4.90 Å². The zero-order valence-electron chi connectivity index (χ0n) is 13.0. The number of rotatable bonds is 4. The molecule has 0 amide bonds. The highest BCUT2D eigenvalue weighted by Crippen LogP contribution is 2.39. The monoisotopic (exact) mass is 366 g/mol. The molecule has 1 aliphatic heterocycles. The van der Waals surface area contributed by atoms with Gasteiger partial charge in [-0.05, 0) is 48.9 Å². The van der Waals surface area contributed by atoms with E-state index >= 15 is 0 Å². The number of benzene rings is 2. The van der Waals surface area contributed by atoms with Crippen molar-refractivity contribution in [3.63, 3.8) is 0 Å². The first-order valence-electron chi connectivity index (χ1n) is 7.55. The third-order valence-electron chi connectivity index (χ3n) is 4.27. The van der Waals surface area contributed by atoms with Crippen LogP contribution in [0.2, 0.25) is 5.02 Å². The summed E-state index contributed by atoms with van der Waals surface area (Å²) in [5.41, 5.74) is 1.54. The first kappa shape index (κ1) is 17.0. The first-order valence-corrected chi connectivity index (χ1v) is 9.15. The molecule has 0 N–H and O–H groups in total. The Morgan fingerprint density at radius 1 is 1.33 bits per heavy atom. The molecule has 0 radical (unpaired) electrons. The van der Waals surface area contributed by atoms with Crippen molar-refractivity contribution < 1.29 is 9.31 Å². The zero-order chi connectivity index (χ0) is 17.3. The number of hydrogen-bond donors (Lipinski definition) is 0. The van der Waals surface area contributed by atoms with Crippen LogP contribution in [0.4, 0.5) is 15.8 Å². The van der Waals surface area contributed by atoms with E-state index in [2.05, 4.69) is 4.90 Å². The van der Waals surface area contributed by atoms with Crippen molar-refractivity contribution in [2.75, 3.05) is 17.7 Å². The predicted octanol–water partition coefficient (Wildman–Crippen LogP) is 5.45. The van der Waals surface area contributed by atoms with Gasteiger partial charge >= 0.3 is 0 Å². The number of nitro benzene ring substituents is 1. The van der Waals surface area contributed by atoms with Crippen LogP contribution in [-0.2, 0) is 0 Å². The van der Waals surface area contributed by atoms with E-state index in [1.165, 1.54) is 23.9 Å². The average molecular weight is 367 g/mol. The smallest absolute Gasteiger partial charge is 0.288 e. The maximum atomic E-state index is 14.1. The summed E-state index contributed by atoms with van der Waals surface area (Å²) in [6.45, 7) is 0.791. The minimum Gasteiger partial charge on any atom is -0.364 e. The van der Waals surface area contributed by atoms with E-state index in [0.717, 1.165) is 30.6 Å². The van der Waals surface area contributed by atoms with Crippen molar-refractivity contribution >= 4 is 34.7 Å². The second-order valence-electron chi connectivity index (χ2n) is 5.64. The van der Waals surface area contributed by atoms with Gasteiger partial charge in [0, 0.05) is 23.2 Å². The second-order valence-corrected chi connectivity index (χ2v) is 6.89. The Hall–Kier alpha value is -1.79. The summed E-state index contributed by atoms with van der Waals surface area (Å²) in [5, 5.41) is 11.2. The van der Waals surface area contributed by atoms with Gasteiger partial charge in [-0.25, -0.2) is 4.39 Å². The van der Waals surface area contributed by atoms with E-state index < -0.39 is 4.92 Å². The van der Waals surface area contributed by atoms with Gasteiger partial charge in [-0.2, -0.15) is 0 Å². The Morgan fingerprint density at radius 2 is 2.12 bits per heavy atom. The Morgan fingerprint density at radius 3 is 2.79 bits per heavy atom. The van der Waals surface area contributed by atoms with Crippen molar-refractivity contribution in [2.45, 2.75) is 23.8 Å². The third-order valence-corrected chi connectivity index (χ3v) is 5.36. The van der Waals surface area contributed by atoms with Gasteiger partial charge in [-0.1, -0.05) is 17.7 Å². The van der Waals surface area contributed by atoms with Gasteiger partial charge in [0.15, 0.2) is 0 Å². The second kappa shape index (κ2) is 6.99. The maximum Gasteiger partial charge on any atom is 0.288 e. The largest absolute Gasteiger partial charge is 0.364 e. The molecule has 0 aliphatic carbocycles. The van der Waals surface area contributed by atoms with E-state index in [9.17, 15) is 14.5 Å². The molecule has 4 nitrogen and oxygen atoms in total. The van der Waals surface area contributed by atoms with Crippen LogP contribution in [0.3, 0.4) is 0 Å². The molecule has 24 heavy (non-hydrogen) atoms. The Bertz CT molecular complexity index is 787. The van der Waals surface area contributed by atoms with Gasteiger partial charge in [0.1, 0.15) is 10.8 Å². The van der Waals surface area contributed by atoms with Crippen LogP contribution in [0.15, 0.2) is 41.3 Å². The molecule has 0 bridgehead atoms. The van der Waals surface area contributed by atoms with Crippen LogP contribution in [0.5, 0.6) is 0 Å². The summed E-state index contributed by atoms with van der Waals surface area (Å²) in [6, 6.07) is 10.1. The fraction of sp³-hybridized carbons (Fsp3) is 0.294. The molecule has 3 rings (SSSR count). The van der Waals surface area contributed by atoms with E-state index in [1.807, 2.05) is 18.4 Å². The van der Waals surface area contributed by atoms with Crippen LogP contribution >= 0.6 is 23.4 Å². The Kier molecular flexibility index (Phi) is 4.96. The number of thioether (sulfide) groups is 1. The zero-order valence-corrected chi connectivity index (χ0v) is 14.6. The van der Waals surface area contributed by atoms with Crippen LogP contribution in [0.1, 0.15) is 24.4 Å². The summed E-state index contributed by atoms with van der Waals surface area (Å²) in [7, 11) is 0. The molecule has 1 aliphatic rings. The molecule has 7 heteroatoms. The SMILES string of the molecule is CSc1ccc(N2CCCC2c2ccc(Cl)c([N+](=O)[O-])c2)cc1F. The van der Waals surface area contributed by atoms with Gasteiger partial charge in [0.05, 0.1) is 11.0 Å². The average Bonchev–Trinajstić information content (AvgIpc) is 3.04. The van der Waals surface area contributed by atoms with Crippen molar-refractivity contribution in [2.24, 2.45) is 0 Å². The maximum absolute atomic E-state index is 14.1. The molecule has 0 saturated carbocycles. The topological polar surface area (TPSA) is 46.4 Å². The van der Waals surface area contributed by atoms with Crippen molar-refractivity contribution in [1.29, 1.82) is 0 Å². The number of halogens is 2. The highest BCUT2D eigenvalue weighted by atomic mass is 35.5. The van der Waals surface area contributed by atoms with Crippen LogP contribution in [0, 0.1) is 15.9 Å². The first-order chi connectivity index (χ1) is 11.5. The lowest BCUT2D eigenvalue weighted by atomic mass is 10.0. The van der Waals surface area contributed by atoms with Gasteiger partial charge in [-0.3, -0.25) is 10.1 Å². The van der Waals surface area contributed by atoms with Crippen LogP contribution < -0.4 is 4.90 Å². The van der Waals surface area contributed by atoms with Gasteiger partial charge in [0.2, 0.25) is 0 Å². The quantitative estimate of drug-likeness (QED) is 0.410. The minimum absolute atomic E-state index is 0.0134. The molecule has 1 saturated heterocycles. The molecule has 1 atom stereocenters. The number of nitro groups is 1.